The lowest BCUT2D eigenvalue weighted by atomic mass is 10.1. The smallest absolute Gasteiger partial charge is 0.311 e. The molecule has 0 aromatic heterocycles. The first kappa shape index (κ1) is 19.3. The van der Waals surface area contributed by atoms with Gasteiger partial charge in [0.15, 0.2) is 29.1 Å². The van der Waals surface area contributed by atoms with Crippen molar-refractivity contribution in [2.75, 3.05) is 26.3 Å². The number of hydrogen-bond acceptors (Lipinski definition) is 7. The maximum absolute atomic E-state index is 12.3. The lowest BCUT2D eigenvalue weighted by Crippen LogP contribution is -2.30. The van der Waals surface area contributed by atoms with Gasteiger partial charge in [-0.2, -0.15) is 0 Å². The molecular formula is C20H21NO7. The summed E-state index contributed by atoms with van der Waals surface area (Å²) in [6.07, 6.45) is -0.958. The summed E-state index contributed by atoms with van der Waals surface area (Å²) in [6, 6.07) is 10.2. The SMILES string of the molecule is COc1ccc(CC(=O)O[C@H](C)C(=O)Nc2ccc3c(c2)OCO3)cc1OC. The van der Waals surface area contributed by atoms with Gasteiger partial charge >= 0.3 is 5.97 Å². The Morgan fingerprint density at radius 2 is 1.79 bits per heavy atom. The summed E-state index contributed by atoms with van der Waals surface area (Å²) in [5.41, 5.74) is 1.21. The first-order valence-corrected chi connectivity index (χ1v) is 8.61. The van der Waals surface area contributed by atoms with Crippen molar-refractivity contribution in [3.8, 4) is 23.0 Å². The number of hydrogen-bond donors (Lipinski definition) is 1. The fraction of sp³-hybridized carbons (Fsp3) is 0.300. The second-order valence-electron chi connectivity index (χ2n) is 6.06. The quantitative estimate of drug-likeness (QED) is 0.730. The highest BCUT2D eigenvalue weighted by molar-refractivity contribution is 5.95. The molecular weight excluding hydrogens is 366 g/mol. The number of amides is 1. The number of ether oxygens (including phenoxy) is 5. The Balaban J connectivity index is 1.55. The summed E-state index contributed by atoms with van der Waals surface area (Å²) in [6.45, 7) is 1.66. The van der Waals surface area contributed by atoms with Gasteiger partial charge in [-0.3, -0.25) is 9.59 Å². The molecule has 2 aromatic rings. The average molecular weight is 387 g/mol. The van der Waals surface area contributed by atoms with Crippen LogP contribution in [-0.4, -0.2) is 39.0 Å². The lowest BCUT2D eigenvalue weighted by molar-refractivity contribution is -0.152. The number of methoxy groups -OCH3 is 2. The minimum Gasteiger partial charge on any atom is -0.493 e. The monoisotopic (exact) mass is 387 g/mol. The fourth-order valence-corrected chi connectivity index (χ4v) is 2.67. The summed E-state index contributed by atoms with van der Waals surface area (Å²) in [5.74, 6) is 1.28. The molecule has 1 aliphatic heterocycles. The predicted molar refractivity (Wildman–Crippen MR) is 100.0 cm³/mol. The summed E-state index contributed by atoms with van der Waals surface area (Å²) in [4.78, 5) is 24.5. The summed E-state index contributed by atoms with van der Waals surface area (Å²) >= 11 is 0. The van der Waals surface area contributed by atoms with Crippen LogP contribution in [0.15, 0.2) is 36.4 Å². The summed E-state index contributed by atoms with van der Waals surface area (Å²) in [7, 11) is 3.05. The molecule has 1 amide bonds. The van der Waals surface area contributed by atoms with Gasteiger partial charge < -0.3 is 29.0 Å². The van der Waals surface area contributed by atoms with Crippen LogP contribution >= 0.6 is 0 Å². The first-order valence-electron chi connectivity index (χ1n) is 8.61. The van der Waals surface area contributed by atoms with Gasteiger partial charge in [0.05, 0.1) is 20.6 Å². The molecule has 0 fully saturated rings. The third-order valence-electron chi connectivity index (χ3n) is 4.11. The van der Waals surface area contributed by atoms with Crippen molar-refractivity contribution in [2.45, 2.75) is 19.4 Å². The highest BCUT2D eigenvalue weighted by atomic mass is 16.7. The number of benzene rings is 2. The Labute approximate surface area is 162 Å². The van der Waals surface area contributed by atoms with Gasteiger partial charge in [-0.1, -0.05) is 6.07 Å². The van der Waals surface area contributed by atoms with Crippen LogP contribution in [0.2, 0.25) is 0 Å². The number of fused-ring (bicyclic) bond motifs is 1. The Morgan fingerprint density at radius 1 is 1.04 bits per heavy atom. The zero-order chi connectivity index (χ0) is 20.1. The normalized spacial score (nSPS) is 12.8. The Morgan fingerprint density at radius 3 is 2.54 bits per heavy atom. The number of carbonyl (C=O) groups is 2. The van der Waals surface area contributed by atoms with E-state index in [0.29, 0.717) is 34.2 Å². The maximum Gasteiger partial charge on any atom is 0.311 e. The van der Waals surface area contributed by atoms with Gasteiger partial charge in [0.2, 0.25) is 6.79 Å². The van der Waals surface area contributed by atoms with Crippen molar-refractivity contribution in [3.05, 3.63) is 42.0 Å². The number of anilines is 1. The molecule has 148 valence electrons. The second-order valence-corrected chi connectivity index (χ2v) is 6.06. The molecule has 1 aliphatic rings. The Kier molecular flexibility index (Phi) is 5.88. The van der Waals surface area contributed by atoms with E-state index >= 15 is 0 Å². The number of nitrogens with one attached hydrogen (secondary N) is 1. The zero-order valence-corrected chi connectivity index (χ0v) is 15.8. The van der Waals surface area contributed by atoms with Crippen LogP contribution in [-0.2, 0) is 20.7 Å². The largest absolute Gasteiger partial charge is 0.493 e. The molecule has 0 radical (unpaired) electrons. The van der Waals surface area contributed by atoms with Gasteiger partial charge in [-0.25, -0.2) is 0 Å². The Bertz CT molecular complexity index is 881. The van der Waals surface area contributed by atoms with Crippen LogP contribution < -0.4 is 24.3 Å². The number of esters is 1. The van der Waals surface area contributed by atoms with Crippen molar-refractivity contribution < 1.29 is 33.3 Å². The van der Waals surface area contributed by atoms with Crippen molar-refractivity contribution >= 4 is 17.6 Å². The van der Waals surface area contributed by atoms with E-state index in [1.54, 1.807) is 36.4 Å². The highest BCUT2D eigenvalue weighted by Crippen LogP contribution is 2.34. The second kappa shape index (κ2) is 8.51. The first-order chi connectivity index (χ1) is 13.5. The van der Waals surface area contributed by atoms with E-state index in [0.717, 1.165) is 0 Å². The van der Waals surface area contributed by atoms with E-state index in [9.17, 15) is 9.59 Å². The van der Waals surface area contributed by atoms with E-state index in [1.807, 2.05) is 0 Å². The van der Waals surface area contributed by atoms with Gasteiger partial charge in [0.25, 0.3) is 5.91 Å². The third-order valence-corrected chi connectivity index (χ3v) is 4.11. The van der Waals surface area contributed by atoms with Crippen molar-refractivity contribution in [1.29, 1.82) is 0 Å². The van der Waals surface area contributed by atoms with Crippen LogP contribution in [0.25, 0.3) is 0 Å². The van der Waals surface area contributed by atoms with Crippen LogP contribution in [0, 0.1) is 0 Å². The molecule has 8 heteroatoms. The maximum atomic E-state index is 12.3. The minimum absolute atomic E-state index is 0.00198. The van der Waals surface area contributed by atoms with E-state index < -0.39 is 18.0 Å². The van der Waals surface area contributed by atoms with Gasteiger partial charge in [-0.05, 0) is 36.8 Å². The van der Waals surface area contributed by atoms with Crippen LogP contribution in [0.3, 0.4) is 0 Å². The third kappa shape index (κ3) is 4.46. The molecule has 1 heterocycles. The molecule has 28 heavy (non-hydrogen) atoms. The molecule has 1 atom stereocenters. The topological polar surface area (TPSA) is 92.3 Å². The zero-order valence-electron chi connectivity index (χ0n) is 15.8. The molecule has 3 rings (SSSR count). The minimum atomic E-state index is -0.960. The highest BCUT2D eigenvalue weighted by Gasteiger charge is 2.20. The van der Waals surface area contributed by atoms with Gasteiger partial charge in [-0.15, -0.1) is 0 Å². The van der Waals surface area contributed by atoms with E-state index in [4.69, 9.17) is 23.7 Å². The molecule has 0 unspecified atom stereocenters. The van der Waals surface area contributed by atoms with Crippen molar-refractivity contribution in [2.24, 2.45) is 0 Å². The number of carbonyl (C=O) groups excluding carboxylic acids is 2. The fourth-order valence-electron chi connectivity index (χ4n) is 2.67. The molecule has 0 saturated heterocycles. The standard InChI is InChI=1S/C20H21NO7/c1-12(20(23)21-14-5-7-16-18(10-14)27-11-26-16)28-19(22)9-13-4-6-15(24-2)17(8-13)25-3/h4-8,10,12H,9,11H2,1-3H3,(H,21,23)/t12-/m1/s1. The average Bonchev–Trinajstić information content (AvgIpc) is 3.15. The van der Waals surface area contributed by atoms with E-state index in [2.05, 4.69) is 5.32 Å². The lowest BCUT2D eigenvalue weighted by Gasteiger charge is -2.14. The number of rotatable bonds is 7. The summed E-state index contributed by atoms with van der Waals surface area (Å²) < 4.78 is 26.1. The van der Waals surface area contributed by atoms with Gasteiger partial charge in [0, 0.05) is 11.8 Å². The molecule has 0 saturated carbocycles. The van der Waals surface area contributed by atoms with E-state index in [-0.39, 0.29) is 13.2 Å². The van der Waals surface area contributed by atoms with Crippen molar-refractivity contribution in [3.63, 3.8) is 0 Å². The van der Waals surface area contributed by atoms with Crippen molar-refractivity contribution in [1.82, 2.24) is 0 Å². The molecule has 0 bridgehead atoms. The molecule has 8 nitrogen and oxygen atoms in total. The van der Waals surface area contributed by atoms with Gasteiger partial charge in [0.1, 0.15) is 0 Å². The summed E-state index contributed by atoms with van der Waals surface area (Å²) in [5, 5.41) is 2.69. The van der Waals surface area contributed by atoms with E-state index in [1.165, 1.54) is 21.1 Å². The molecule has 1 N–H and O–H groups in total. The molecule has 0 aliphatic carbocycles. The Hall–Kier alpha value is -3.42. The predicted octanol–water partition coefficient (Wildman–Crippen LogP) is 2.55. The van der Waals surface area contributed by atoms with Crippen LogP contribution in [0.4, 0.5) is 5.69 Å². The molecule has 2 aromatic carbocycles. The van der Waals surface area contributed by atoms with Crippen LogP contribution in [0.1, 0.15) is 12.5 Å². The molecule has 0 spiro atoms. The van der Waals surface area contributed by atoms with Crippen LogP contribution in [0.5, 0.6) is 23.0 Å².